The number of aromatic nitrogens is 2. The molecule has 7 heteroatoms. The molecule has 1 aromatic carbocycles. The Balaban J connectivity index is 2.43. The molecule has 21 heavy (non-hydrogen) atoms. The molecule has 2 aromatic rings. The number of nitrogens with zero attached hydrogens (tertiary/aromatic N) is 2. The molecule has 0 bridgehead atoms. The Hall–Kier alpha value is -1.76. The van der Waals surface area contributed by atoms with E-state index in [-0.39, 0.29) is 22.8 Å². The van der Waals surface area contributed by atoms with Crippen LogP contribution in [0, 0.1) is 6.92 Å². The van der Waals surface area contributed by atoms with E-state index in [0.29, 0.717) is 10.6 Å². The van der Waals surface area contributed by atoms with Gasteiger partial charge in [0.25, 0.3) is 0 Å². The molecule has 0 N–H and O–H groups in total. The number of carbonyl (C=O) groups is 1. The second kappa shape index (κ2) is 5.55. The molecule has 0 radical (unpaired) electrons. The zero-order valence-electron chi connectivity index (χ0n) is 11.7. The Labute approximate surface area is 124 Å². The third-order valence-electron chi connectivity index (χ3n) is 3.06. The molecule has 0 spiro atoms. The minimum Gasteiger partial charge on any atom is -0.288 e. The van der Waals surface area contributed by atoms with Crippen LogP contribution in [0.5, 0.6) is 0 Å². The van der Waals surface area contributed by atoms with Crippen LogP contribution in [0.4, 0.5) is 13.2 Å². The molecule has 112 valence electrons. The van der Waals surface area contributed by atoms with Crippen LogP contribution >= 0.6 is 11.5 Å². The molecule has 2 rings (SSSR count). The third kappa shape index (κ3) is 3.12. The van der Waals surface area contributed by atoms with Crippen molar-refractivity contribution >= 4 is 17.3 Å². The highest BCUT2D eigenvalue weighted by molar-refractivity contribution is 7.08. The van der Waals surface area contributed by atoms with Crippen molar-refractivity contribution in [3.8, 4) is 0 Å². The van der Waals surface area contributed by atoms with Gasteiger partial charge >= 0.3 is 6.18 Å². The Morgan fingerprint density at radius 1 is 1.29 bits per heavy atom. The van der Waals surface area contributed by atoms with E-state index in [1.54, 1.807) is 0 Å². The number of benzene rings is 1. The topological polar surface area (TPSA) is 42.9 Å². The van der Waals surface area contributed by atoms with E-state index >= 15 is 0 Å². The lowest BCUT2D eigenvalue weighted by atomic mass is 9.98. The number of rotatable bonds is 3. The van der Waals surface area contributed by atoms with Gasteiger partial charge in [0.1, 0.15) is 4.88 Å². The molecule has 0 amide bonds. The number of ketones is 1. The summed E-state index contributed by atoms with van der Waals surface area (Å²) < 4.78 is 41.7. The van der Waals surface area contributed by atoms with E-state index in [2.05, 4.69) is 9.59 Å². The second-order valence-electron chi connectivity index (χ2n) is 5.00. The first-order chi connectivity index (χ1) is 9.71. The summed E-state index contributed by atoms with van der Waals surface area (Å²) in [7, 11) is 0. The molecular formula is C14H13F3N2OS. The van der Waals surface area contributed by atoms with E-state index in [4.69, 9.17) is 0 Å². The van der Waals surface area contributed by atoms with Gasteiger partial charge in [-0.1, -0.05) is 24.4 Å². The summed E-state index contributed by atoms with van der Waals surface area (Å²) in [5.74, 6) is -0.308. The number of aryl methyl sites for hydroxylation is 1. The van der Waals surface area contributed by atoms with Gasteiger partial charge in [-0.15, -0.1) is 5.10 Å². The summed E-state index contributed by atoms with van der Waals surface area (Å²) in [6.07, 6.45) is -4.42. The van der Waals surface area contributed by atoms with E-state index in [9.17, 15) is 18.0 Å². The van der Waals surface area contributed by atoms with E-state index in [0.717, 1.165) is 23.7 Å². The Kier molecular flexibility index (Phi) is 4.13. The van der Waals surface area contributed by atoms with Crippen molar-refractivity contribution < 1.29 is 18.0 Å². The van der Waals surface area contributed by atoms with Gasteiger partial charge in [0.2, 0.25) is 5.78 Å². The lowest BCUT2D eigenvalue weighted by Gasteiger charge is -2.10. The van der Waals surface area contributed by atoms with Crippen molar-refractivity contribution in [2.45, 2.75) is 32.9 Å². The highest BCUT2D eigenvalue weighted by atomic mass is 32.1. The van der Waals surface area contributed by atoms with Gasteiger partial charge in [-0.05, 0) is 42.1 Å². The smallest absolute Gasteiger partial charge is 0.288 e. The Morgan fingerprint density at radius 3 is 2.48 bits per heavy atom. The summed E-state index contributed by atoms with van der Waals surface area (Å²) in [5, 5.41) is 3.92. The summed E-state index contributed by atoms with van der Waals surface area (Å²) in [6, 6.07) is 3.12. The van der Waals surface area contributed by atoms with Gasteiger partial charge in [0, 0.05) is 5.56 Å². The third-order valence-corrected chi connectivity index (χ3v) is 3.81. The average Bonchev–Trinajstić information content (AvgIpc) is 2.86. The highest BCUT2D eigenvalue weighted by Crippen LogP contribution is 2.31. The van der Waals surface area contributed by atoms with Crippen LogP contribution in [0.3, 0.4) is 0 Å². The summed E-state index contributed by atoms with van der Waals surface area (Å²) in [4.78, 5) is 12.8. The molecule has 1 aromatic heterocycles. The minimum atomic E-state index is -4.42. The Bertz CT molecular complexity index is 677. The molecule has 3 nitrogen and oxygen atoms in total. The van der Waals surface area contributed by atoms with Gasteiger partial charge in [0.05, 0.1) is 11.3 Å². The van der Waals surface area contributed by atoms with Crippen LogP contribution in [-0.4, -0.2) is 15.4 Å². The van der Waals surface area contributed by atoms with Gasteiger partial charge in [-0.2, -0.15) is 13.2 Å². The zero-order valence-corrected chi connectivity index (χ0v) is 12.5. The van der Waals surface area contributed by atoms with Crippen LogP contribution in [0.15, 0.2) is 18.2 Å². The largest absolute Gasteiger partial charge is 0.416 e. The molecule has 0 aliphatic rings. The Morgan fingerprint density at radius 2 is 1.95 bits per heavy atom. The number of carbonyl (C=O) groups excluding carboxylic acids is 1. The number of halogens is 3. The second-order valence-corrected chi connectivity index (χ2v) is 5.75. The number of hydrogen-bond donors (Lipinski definition) is 0. The first-order valence-corrected chi connectivity index (χ1v) is 7.04. The molecule has 0 saturated carbocycles. The predicted molar refractivity (Wildman–Crippen MR) is 73.6 cm³/mol. The maximum absolute atomic E-state index is 12.6. The lowest BCUT2D eigenvalue weighted by molar-refractivity contribution is -0.137. The summed E-state index contributed by atoms with van der Waals surface area (Å²) >= 11 is 0.966. The van der Waals surface area contributed by atoms with E-state index in [1.165, 1.54) is 13.0 Å². The molecular weight excluding hydrogens is 301 g/mol. The number of hydrogen-bond acceptors (Lipinski definition) is 4. The standard InChI is InChI=1S/C14H13F3N2OS/c1-7(2)11-13(21-19-18-11)12(20)10-5-4-9(6-8(10)3)14(15,16)17/h4-7H,1-3H3. The van der Waals surface area contributed by atoms with Crippen LogP contribution in [0.2, 0.25) is 0 Å². The van der Waals surface area contributed by atoms with Crippen molar-refractivity contribution in [3.05, 3.63) is 45.5 Å². The molecule has 0 saturated heterocycles. The average molecular weight is 314 g/mol. The van der Waals surface area contributed by atoms with E-state index in [1.807, 2.05) is 13.8 Å². The van der Waals surface area contributed by atoms with Gasteiger partial charge in [0.15, 0.2) is 0 Å². The first kappa shape index (κ1) is 15.6. The monoisotopic (exact) mass is 314 g/mol. The maximum Gasteiger partial charge on any atom is 0.416 e. The normalized spacial score (nSPS) is 12.0. The summed E-state index contributed by atoms with van der Waals surface area (Å²) in [5.41, 5.74) is 0.348. The number of alkyl halides is 3. The van der Waals surface area contributed by atoms with Crippen molar-refractivity contribution in [3.63, 3.8) is 0 Å². The predicted octanol–water partition coefficient (Wildman–Crippen LogP) is 4.22. The van der Waals surface area contributed by atoms with Gasteiger partial charge < -0.3 is 0 Å². The van der Waals surface area contributed by atoms with E-state index < -0.39 is 11.7 Å². The fraction of sp³-hybridized carbons (Fsp3) is 0.357. The van der Waals surface area contributed by atoms with Gasteiger partial charge in [-0.25, -0.2) is 0 Å². The minimum absolute atomic E-state index is 0.0254. The summed E-state index contributed by atoms with van der Waals surface area (Å²) in [6.45, 7) is 5.26. The fourth-order valence-electron chi connectivity index (χ4n) is 1.95. The zero-order chi connectivity index (χ0) is 15.8. The maximum atomic E-state index is 12.6. The van der Waals surface area contributed by atoms with Crippen molar-refractivity contribution in [2.75, 3.05) is 0 Å². The first-order valence-electron chi connectivity index (χ1n) is 6.26. The quantitative estimate of drug-likeness (QED) is 0.797. The van der Waals surface area contributed by atoms with Crippen molar-refractivity contribution in [1.29, 1.82) is 0 Å². The molecule has 0 aliphatic heterocycles. The highest BCUT2D eigenvalue weighted by Gasteiger charge is 2.31. The van der Waals surface area contributed by atoms with Gasteiger partial charge in [-0.3, -0.25) is 4.79 Å². The van der Waals surface area contributed by atoms with Crippen molar-refractivity contribution in [2.24, 2.45) is 0 Å². The van der Waals surface area contributed by atoms with Crippen LogP contribution in [0.25, 0.3) is 0 Å². The van der Waals surface area contributed by atoms with Crippen LogP contribution in [0.1, 0.15) is 51.8 Å². The van der Waals surface area contributed by atoms with Crippen LogP contribution < -0.4 is 0 Å². The molecule has 0 unspecified atom stereocenters. The molecule has 1 heterocycles. The fourth-order valence-corrected chi connectivity index (χ4v) is 2.72. The van der Waals surface area contributed by atoms with Crippen molar-refractivity contribution in [1.82, 2.24) is 9.59 Å². The lowest BCUT2D eigenvalue weighted by Crippen LogP contribution is -2.09. The SMILES string of the molecule is Cc1cc(C(F)(F)F)ccc1C(=O)c1snnc1C(C)C. The molecule has 0 aliphatic carbocycles. The molecule has 0 atom stereocenters. The molecule has 0 fully saturated rings. The van der Waals surface area contributed by atoms with Crippen LogP contribution in [-0.2, 0) is 6.18 Å².